The van der Waals surface area contributed by atoms with Crippen molar-refractivity contribution in [1.82, 2.24) is 19.9 Å². The zero-order valence-corrected chi connectivity index (χ0v) is 8.81. The predicted octanol–water partition coefficient (Wildman–Crippen LogP) is 2.33. The number of para-hydroxylation sites is 1. The van der Waals surface area contributed by atoms with E-state index in [1.165, 1.54) is 0 Å². The van der Waals surface area contributed by atoms with Crippen molar-refractivity contribution in [1.29, 1.82) is 0 Å². The van der Waals surface area contributed by atoms with E-state index in [4.69, 9.17) is 0 Å². The second-order valence-corrected chi connectivity index (χ2v) is 3.63. The summed E-state index contributed by atoms with van der Waals surface area (Å²) < 4.78 is 0. The first-order chi connectivity index (χ1) is 7.86. The summed E-state index contributed by atoms with van der Waals surface area (Å²) in [6.45, 7) is 1.97. The van der Waals surface area contributed by atoms with Crippen LogP contribution in [0.3, 0.4) is 0 Å². The van der Waals surface area contributed by atoms with E-state index in [9.17, 15) is 0 Å². The third-order valence-electron chi connectivity index (χ3n) is 2.65. The number of aromatic nitrogens is 4. The largest absolute Gasteiger partial charge is 0.345 e. The Morgan fingerprint density at radius 3 is 2.94 bits per heavy atom. The van der Waals surface area contributed by atoms with Crippen LogP contribution in [0.2, 0.25) is 0 Å². The molecule has 0 aliphatic carbocycles. The molecular weight excluding hydrogens is 200 g/mol. The molecule has 3 aromatic rings. The molecule has 0 unspecified atom stereocenters. The Morgan fingerprint density at radius 2 is 2.06 bits per heavy atom. The highest BCUT2D eigenvalue weighted by Crippen LogP contribution is 2.27. The molecule has 0 amide bonds. The van der Waals surface area contributed by atoms with Crippen molar-refractivity contribution >= 4 is 11.0 Å². The lowest BCUT2D eigenvalue weighted by Crippen LogP contribution is -1.89. The van der Waals surface area contributed by atoms with E-state index in [1.54, 1.807) is 12.7 Å². The number of rotatable bonds is 1. The van der Waals surface area contributed by atoms with E-state index >= 15 is 0 Å². The second kappa shape index (κ2) is 3.41. The highest BCUT2D eigenvalue weighted by atomic mass is 14.9. The van der Waals surface area contributed by atoms with Gasteiger partial charge in [0.1, 0.15) is 6.33 Å². The number of aryl methyl sites for hydroxylation is 1. The van der Waals surface area contributed by atoms with E-state index in [-0.39, 0.29) is 0 Å². The second-order valence-electron chi connectivity index (χ2n) is 3.63. The molecule has 0 atom stereocenters. The SMILES string of the molecule is Cc1ncncc1-c1cccc2[nH]cnc12. The van der Waals surface area contributed by atoms with Crippen molar-refractivity contribution in [3.05, 3.63) is 42.7 Å². The first kappa shape index (κ1) is 9.03. The Balaban J connectivity index is 2.34. The van der Waals surface area contributed by atoms with Gasteiger partial charge in [0.2, 0.25) is 0 Å². The fourth-order valence-corrected chi connectivity index (χ4v) is 1.84. The van der Waals surface area contributed by atoms with Gasteiger partial charge in [0.05, 0.1) is 17.4 Å². The van der Waals surface area contributed by atoms with E-state index in [0.29, 0.717) is 0 Å². The fraction of sp³-hybridized carbons (Fsp3) is 0.0833. The highest BCUT2D eigenvalue weighted by molar-refractivity contribution is 5.91. The molecule has 0 saturated heterocycles. The van der Waals surface area contributed by atoms with Crippen molar-refractivity contribution in [2.75, 3.05) is 0 Å². The summed E-state index contributed by atoms with van der Waals surface area (Å²) in [5.74, 6) is 0. The molecule has 1 aromatic carbocycles. The summed E-state index contributed by atoms with van der Waals surface area (Å²) in [5.41, 5.74) is 5.05. The van der Waals surface area contributed by atoms with Gasteiger partial charge in [0, 0.05) is 23.0 Å². The smallest absolute Gasteiger partial charge is 0.115 e. The van der Waals surface area contributed by atoms with Crippen LogP contribution >= 0.6 is 0 Å². The van der Waals surface area contributed by atoms with Crippen LogP contribution < -0.4 is 0 Å². The zero-order valence-electron chi connectivity index (χ0n) is 8.81. The molecule has 2 heterocycles. The van der Waals surface area contributed by atoms with Gasteiger partial charge >= 0.3 is 0 Å². The number of hydrogen-bond donors (Lipinski definition) is 1. The van der Waals surface area contributed by atoms with E-state index in [2.05, 4.69) is 19.9 Å². The first-order valence-electron chi connectivity index (χ1n) is 5.05. The maximum absolute atomic E-state index is 4.33. The van der Waals surface area contributed by atoms with Crippen molar-refractivity contribution < 1.29 is 0 Å². The summed E-state index contributed by atoms with van der Waals surface area (Å²) in [6, 6.07) is 6.04. The van der Waals surface area contributed by atoms with E-state index in [0.717, 1.165) is 27.9 Å². The maximum atomic E-state index is 4.33. The number of benzene rings is 1. The molecule has 3 rings (SSSR count). The molecule has 0 fully saturated rings. The number of nitrogens with zero attached hydrogens (tertiary/aromatic N) is 3. The van der Waals surface area contributed by atoms with Crippen molar-refractivity contribution in [2.45, 2.75) is 6.92 Å². The number of aromatic amines is 1. The van der Waals surface area contributed by atoms with Gasteiger partial charge in [-0.25, -0.2) is 15.0 Å². The highest BCUT2D eigenvalue weighted by Gasteiger charge is 2.08. The van der Waals surface area contributed by atoms with Gasteiger partial charge in [-0.2, -0.15) is 0 Å². The fourth-order valence-electron chi connectivity index (χ4n) is 1.84. The number of imidazole rings is 1. The van der Waals surface area contributed by atoms with Crippen LogP contribution in [-0.4, -0.2) is 19.9 Å². The molecule has 4 heteroatoms. The Bertz CT molecular complexity index is 642. The maximum Gasteiger partial charge on any atom is 0.115 e. The van der Waals surface area contributed by atoms with Gasteiger partial charge in [-0.1, -0.05) is 12.1 Å². The van der Waals surface area contributed by atoms with Crippen molar-refractivity contribution in [3.63, 3.8) is 0 Å². The summed E-state index contributed by atoms with van der Waals surface area (Å²) in [7, 11) is 0. The van der Waals surface area contributed by atoms with Crippen LogP contribution in [0.25, 0.3) is 22.2 Å². The standard InChI is InChI=1S/C12H10N4/c1-8-10(5-13-6-14-8)9-3-2-4-11-12(9)16-7-15-11/h2-7H,1H3,(H,15,16). The minimum absolute atomic E-state index is 0.959. The molecule has 0 spiro atoms. The number of H-pyrrole nitrogens is 1. The normalized spacial score (nSPS) is 10.8. The Hall–Kier alpha value is -2.23. The topological polar surface area (TPSA) is 54.5 Å². The number of fused-ring (bicyclic) bond motifs is 1. The lowest BCUT2D eigenvalue weighted by molar-refractivity contribution is 1.11. The van der Waals surface area contributed by atoms with Crippen molar-refractivity contribution in [2.24, 2.45) is 0 Å². The van der Waals surface area contributed by atoms with Gasteiger partial charge in [-0.05, 0) is 13.0 Å². The molecule has 78 valence electrons. The summed E-state index contributed by atoms with van der Waals surface area (Å²) >= 11 is 0. The van der Waals surface area contributed by atoms with Crippen molar-refractivity contribution in [3.8, 4) is 11.1 Å². The number of nitrogens with one attached hydrogen (secondary N) is 1. The molecule has 16 heavy (non-hydrogen) atoms. The first-order valence-corrected chi connectivity index (χ1v) is 5.05. The van der Waals surface area contributed by atoms with E-state index in [1.807, 2.05) is 31.3 Å². The molecule has 0 saturated carbocycles. The van der Waals surface area contributed by atoms with Gasteiger partial charge < -0.3 is 4.98 Å². The molecule has 0 aliphatic heterocycles. The Kier molecular flexibility index (Phi) is 1.93. The van der Waals surface area contributed by atoms with Gasteiger partial charge in [-0.3, -0.25) is 0 Å². The van der Waals surface area contributed by atoms with Crippen LogP contribution in [0.5, 0.6) is 0 Å². The quantitative estimate of drug-likeness (QED) is 0.670. The minimum atomic E-state index is 0.959. The Morgan fingerprint density at radius 1 is 1.12 bits per heavy atom. The lowest BCUT2D eigenvalue weighted by Gasteiger charge is -2.04. The third-order valence-corrected chi connectivity index (χ3v) is 2.65. The molecule has 0 bridgehead atoms. The van der Waals surface area contributed by atoms with E-state index < -0.39 is 0 Å². The van der Waals surface area contributed by atoms with Gasteiger partial charge in [0.15, 0.2) is 0 Å². The number of hydrogen-bond acceptors (Lipinski definition) is 3. The predicted molar refractivity (Wildman–Crippen MR) is 61.9 cm³/mol. The third kappa shape index (κ3) is 1.27. The van der Waals surface area contributed by atoms with Gasteiger partial charge in [-0.15, -0.1) is 0 Å². The molecular formula is C12H10N4. The van der Waals surface area contributed by atoms with Crippen LogP contribution in [0, 0.1) is 6.92 Å². The summed E-state index contributed by atoms with van der Waals surface area (Å²) in [4.78, 5) is 15.7. The molecule has 4 nitrogen and oxygen atoms in total. The monoisotopic (exact) mass is 210 g/mol. The molecule has 0 aliphatic rings. The Labute approximate surface area is 92.4 Å². The molecule has 2 aromatic heterocycles. The molecule has 0 radical (unpaired) electrons. The lowest BCUT2D eigenvalue weighted by atomic mass is 10.0. The summed E-state index contributed by atoms with van der Waals surface area (Å²) in [5, 5.41) is 0. The van der Waals surface area contributed by atoms with Crippen LogP contribution in [0.4, 0.5) is 0 Å². The van der Waals surface area contributed by atoms with Gasteiger partial charge in [0.25, 0.3) is 0 Å². The molecule has 1 N–H and O–H groups in total. The average Bonchev–Trinajstić information content (AvgIpc) is 2.77. The van der Waals surface area contributed by atoms with Crippen LogP contribution in [0.15, 0.2) is 37.1 Å². The minimum Gasteiger partial charge on any atom is -0.345 e. The summed E-state index contributed by atoms with van der Waals surface area (Å²) in [6.07, 6.45) is 5.09. The van der Waals surface area contributed by atoms with Crippen LogP contribution in [-0.2, 0) is 0 Å². The zero-order chi connectivity index (χ0) is 11.0. The average molecular weight is 210 g/mol. The van der Waals surface area contributed by atoms with Crippen LogP contribution in [0.1, 0.15) is 5.69 Å².